The van der Waals surface area contributed by atoms with E-state index in [4.69, 9.17) is 0 Å². The van der Waals surface area contributed by atoms with Gasteiger partial charge in [-0.05, 0) is 82.8 Å². The lowest BCUT2D eigenvalue weighted by molar-refractivity contribution is 0.723. The van der Waals surface area contributed by atoms with E-state index in [-0.39, 0.29) is 0 Å². The molecule has 0 N–H and O–H groups in total. The maximum Gasteiger partial charge on any atom is 0.0541 e. The van der Waals surface area contributed by atoms with Crippen molar-refractivity contribution in [2.75, 3.05) is 11.4 Å². The molecule has 45 heavy (non-hydrogen) atoms. The fraction of sp³-hybridized carbons (Fsp3) is 0.0698. The van der Waals surface area contributed by atoms with Gasteiger partial charge in [-0.2, -0.15) is 0 Å². The second-order valence-electron chi connectivity index (χ2n) is 11.8. The number of hydrogen-bond donors (Lipinski definition) is 0. The first-order valence-electron chi connectivity index (χ1n) is 15.7. The highest BCUT2D eigenvalue weighted by Crippen LogP contribution is 2.38. The second-order valence-corrected chi connectivity index (χ2v) is 11.8. The first kappa shape index (κ1) is 27.0. The van der Waals surface area contributed by atoms with Gasteiger partial charge in [0.25, 0.3) is 0 Å². The van der Waals surface area contributed by atoms with Crippen LogP contribution in [0.25, 0.3) is 55.3 Å². The van der Waals surface area contributed by atoms with Gasteiger partial charge in [-0.3, -0.25) is 0 Å². The largest absolute Gasteiger partial charge is 0.361 e. The molecule has 0 saturated heterocycles. The molecule has 1 atom stereocenters. The summed E-state index contributed by atoms with van der Waals surface area (Å²) in [7, 11) is 0. The highest BCUT2D eigenvalue weighted by atomic mass is 15.2. The molecule has 1 unspecified atom stereocenters. The van der Waals surface area contributed by atoms with E-state index in [1.165, 1.54) is 61.0 Å². The van der Waals surface area contributed by atoms with Crippen molar-refractivity contribution in [1.29, 1.82) is 0 Å². The topological polar surface area (TPSA) is 8.17 Å². The lowest BCUT2D eigenvalue weighted by atomic mass is 9.94. The van der Waals surface area contributed by atoms with Gasteiger partial charge in [-0.1, -0.05) is 122 Å². The zero-order chi connectivity index (χ0) is 30.2. The molecule has 2 aliphatic rings. The predicted octanol–water partition coefficient (Wildman–Crippen LogP) is 10.9. The van der Waals surface area contributed by atoms with Crippen LogP contribution in [0.15, 0.2) is 170 Å². The third kappa shape index (κ3) is 4.95. The molecule has 6 aromatic rings. The Hall–Kier alpha value is -5.60. The molecule has 2 heteroatoms. The summed E-state index contributed by atoms with van der Waals surface area (Å²) < 4.78 is 2.37. The van der Waals surface area contributed by atoms with E-state index in [0.717, 1.165) is 18.5 Å². The maximum absolute atomic E-state index is 4.47. The molecular formula is C43H34N2. The van der Waals surface area contributed by atoms with Crippen molar-refractivity contribution in [2.45, 2.75) is 12.5 Å². The van der Waals surface area contributed by atoms with Gasteiger partial charge in [0.2, 0.25) is 0 Å². The number of rotatable bonds is 4. The zero-order valence-corrected chi connectivity index (χ0v) is 25.2. The average molecular weight is 579 g/mol. The zero-order valence-electron chi connectivity index (χ0n) is 25.2. The number of fused-ring (bicyclic) bond motifs is 4. The van der Waals surface area contributed by atoms with Gasteiger partial charge in [-0.25, -0.2) is 0 Å². The molecule has 0 amide bonds. The van der Waals surface area contributed by atoms with E-state index in [1.807, 2.05) is 0 Å². The highest BCUT2D eigenvalue weighted by molar-refractivity contribution is 6.10. The fourth-order valence-corrected chi connectivity index (χ4v) is 6.83. The van der Waals surface area contributed by atoms with E-state index in [2.05, 4.69) is 180 Å². The van der Waals surface area contributed by atoms with Gasteiger partial charge in [0, 0.05) is 34.3 Å². The molecule has 0 spiro atoms. The summed E-state index contributed by atoms with van der Waals surface area (Å²) in [5, 5.41) is 2.53. The average Bonchev–Trinajstić information content (AvgIpc) is 3.47. The Morgan fingerprint density at radius 3 is 2.16 bits per heavy atom. The number of allylic oxidation sites excluding steroid dienone is 6. The Kier molecular flexibility index (Phi) is 6.88. The van der Waals surface area contributed by atoms with Gasteiger partial charge in [0.1, 0.15) is 0 Å². The molecule has 216 valence electrons. The maximum atomic E-state index is 4.47. The van der Waals surface area contributed by atoms with E-state index >= 15 is 0 Å². The summed E-state index contributed by atoms with van der Waals surface area (Å²) in [5.41, 5.74) is 11.8. The van der Waals surface area contributed by atoms with Crippen molar-refractivity contribution in [3.8, 4) is 27.9 Å². The van der Waals surface area contributed by atoms with Crippen molar-refractivity contribution in [3.05, 3.63) is 176 Å². The van der Waals surface area contributed by atoms with Crippen LogP contribution >= 0.6 is 0 Å². The van der Waals surface area contributed by atoms with E-state index in [9.17, 15) is 0 Å². The lowest BCUT2D eigenvalue weighted by Gasteiger charge is -2.33. The lowest BCUT2D eigenvalue weighted by Crippen LogP contribution is -2.35. The van der Waals surface area contributed by atoms with Gasteiger partial charge in [0.15, 0.2) is 0 Å². The Bertz CT molecular complexity index is 2190. The Morgan fingerprint density at radius 1 is 0.578 bits per heavy atom. The number of benzene rings is 5. The van der Waals surface area contributed by atoms with Crippen molar-refractivity contribution in [2.24, 2.45) is 0 Å². The van der Waals surface area contributed by atoms with Crippen molar-refractivity contribution >= 4 is 33.1 Å². The molecule has 0 saturated carbocycles. The molecule has 2 nitrogen and oxygen atoms in total. The molecule has 8 rings (SSSR count). The highest BCUT2D eigenvalue weighted by Gasteiger charge is 2.21. The van der Waals surface area contributed by atoms with Crippen LogP contribution in [0.1, 0.15) is 12.0 Å². The van der Waals surface area contributed by atoms with Gasteiger partial charge >= 0.3 is 0 Å². The minimum absolute atomic E-state index is 0.321. The van der Waals surface area contributed by atoms with Crippen molar-refractivity contribution < 1.29 is 0 Å². The normalized spacial score (nSPS) is 17.6. The molecule has 0 radical (unpaired) electrons. The van der Waals surface area contributed by atoms with Crippen LogP contribution in [0.3, 0.4) is 0 Å². The van der Waals surface area contributed by atoms with Gasteiger partial charge in [-0.15, -0.1) is 0 Å². The van der Waals surface area contributed by atoms with E-state index in [1.54, 1.807) is 0 Å². The molecule has 0 fully saturated rings. The van der Waals surface area contributed by atoms with E-state index in [0.29, 0.717) is 6.04 Å². The van der Waals surface area contributed by atoms with Gasteiger partial charge < -0.3 is 9.47 Å². The van der Waals surface area contributed by atoms with E-state index < -0.39 is 0 Å². The number of nitrogens with zero attached hydrogens (tertiary/aromatic N) is 2. The predicted molar refractivity (Wildman–Crippen MR) is 193 cm³/mol. The number of anilines is 1. The smallest absolute Gasteiger partial charge is 0.0541 e. The quantitative estimate of drug-likeness (QED) is 0.202. The Morgan fingerprint density at radius 2 is 1.31 bits per heavy atom. The van der Waals surface area contributed by atoms with Crippen LogP contribution < -0.4 is 4.90 Å². The fourth-order valence-electron chi connectivity index (χ4n) is 6.83. The minimum Gasteiger partial charge on any atom is -0.361 e. The summed E-state index contributed by atoms with van der Waals surface area (Å²) in [4.78, 5) is 2.49. The van der Waals surface area contributed by atoms with Crippen LogP contribution in [-0.2, 0) is 0 Å². The number of hydrogen-bond acceptors (Lipinski definition) is 1. The first-order chi connectivity index (χ1) is 22.2. The molecule has 1 aliphatic carbocycles. The van der Waals surface area contributed by atoms with Crippen LogP contribution in [0, 0.1) is 0 Å². The number of aromatic nitrogens is 1. The molecule has 1 aromatic heterocycles. The standard InChI is InChI=1S/C43H34N2/c1-31-14-5-4-12-27-44(36-17-6-2-7-18-36)41-25-23-34(29-39(31)41)32-15-13-16-33(28-32)35-24-26-43-40(30-35)38-21-10-11-22-42(38)45(43)37-19-8-3-9-20-37/h2-17,19-26,28-30,36H,1,18,27H2/b12-4-,14-5-. The van der Waals surface area contributed by atoms with Crippen LogP contribution in [0.4, 0.5) is 5.69 Å². The second kappa shape index (κ2) is 11.5. The third-order valence-corrected chi connectivity index (χ3v) is 9.07. The number of para-hydroxylation sites is 2. The van der Waals surface area contributed by atoms with Crippen LogP contribution in [0.5, 0.6) is 0 Å². The van der Waals surface area contributed by atoms with Gasteiger partial charge in [0.05, 0.1) is 17.1 Å². The molecule has 2 heterocycles. The molecular weight excluding hydrogens is 544 g/mol. The Labute approximate surface area is 264 Å². The SMILES string of the molecule is C=C1/C=C\C=C/CN(C2C=CC=CC2)c2ccc(-c3cccc(-c4ccc5c(c4)c4ccccc4n5-c4ccccc4)c3)cc21. The molecule has 5 aromatic carbocycles. The summed E-state index contributed by atoms with van der Waals surface area (Å²) in [6.07, 6.45) is 18.4. The van der Waals surface area contributed by atoms with Crippen molar-refractivity contribution in [3.63, 3.8) is 0 Å². The first-order valence-corrected chi connectivity index (χ1v) is 15.7. The minimum atomic E-state index is 0.321. The molecule has 0 bridgehead atoms. The van der Waals surface area contributed by atoms with Crippen molar-refractivity contribution in [1.82, 2.24) is 4.57 Å². The monoisotopic (exact) mass is 578 g/mol. The summed E-state index contributed by atoms with van der Waals surface area (Å²) in [6.45, 7) is 5.33. The van der Waals surface area contributed by atoms with Crippen LogP contribution in [-0.4, -0.2) is 17.2 Å². The summed E-state index contributed by atoms with van der Waals surface area (Å²) in [5.74, 6) is 0. The molecule has 1 aliphatic heterocycles. The summed E-state index contributed by atoms with van der Waals surface area (Å²) >= 11 is 0. The summed E-state index contributed by atoms with van der Waals surface area (Å²) in [6, 6.07) is 42.3. The van der Waals surface area contributed by atoms with Crippen LogP contribution in [0.2, 0.25) is 0 Å². The Balaban J connectivity index is 1.21. The third-order valence-electron chi connectivity index (χ3n) is 9.07.